The van der Waals surface area contributed by atoms with Crippen molar-refractivity contribution >= 4 is 28.3 Å². The number of carbonyl (C=O) groups is 1. The Labute approximate surface area is 166 Å². The van der Waals surface area contributed by atoms with Crippen molar-refractivity contribution in [3.8, 4) is 11.5 Å². The molecular weight excluding hydrogens is 394 g/mol. The number of nitrogens with one attached hydrogen (secondary N) is 2. The predicted octanol–water partition coefficient (Wildman–Crippen LogP) is 1.18. The third-order valence-corrected chi connectivity index (χ3v) is 5.36. The van der Waals surface area contributed by atoms with Crippen molar-refractivity contribution in [1.29, 1.82) is 0 Å². The van der Waals surface area contributed by atoms with Crippen molar-refractivity contribution in [2.45, 2.75) is 37.0 Å². The van der Waals surface area contributed by atoms with Crippen molar-refractivity contribution in [1.82, 2.24) is 10.0 Å². The van der Waals surface area contributed by atoms with E-state index in [0.29, 0.717) is 57.2 Å². The molecule has 8 nitrogen and oxygen atoms in total. The Morgan fingerprint density at radius 1 is 1.04 bits per heavy atom. The number of ether oxygens (including phenoxy) is 2. The molecule has 0 aliphatic carbocycles. The summed E-state index contributed by atoms with van der Waals surface area (Å²) in [6.45, 7) is 2.35. The zero-order chi connectivity index (χ0) is 18.8. The van der Waals surface area contributed by atoms with Crippen LogP contribution in [-0.2, 0) is 14.8 Å². The lowest BCUT2D eigenvalue weighted by Crippen LogP contribution is -2.26. The molecule has 1 heterocycles. The predicted molar refractivity (Wildman–Crippen MR) is 105 cm³/mol. The summed E-state index contributed by atoms with van der Waals surface area (Å²) in [5, 5.41) is 2.79. The number of benzene rings is 1. The number of hydrogen-bond acceptors (Lipinski definition) is 6. The first-order chi connectivity index (χ1) is 12.5. The van der Waals surface area contributed by atoms with Crippen LogP contribution < -0.4 is 25.2 Å². The molecule has 4 N–H and O–H groups in total. The summed E-state index contributed by atoms with van der Waals surface area (Å²) in [7, 11) is -3.59. The van der Waals surface area contributed by atoms with Crippen LogP contribution in [0.1, 0.15) is 32.1 Å². The number of rotatable bonds is 11. The minimum Gasteiger partial charge on any atom is -0.486 e. The summed E-state index contributed by atoms with van der Waals surface area (Å²) in [5.74, 6) is 1.01. The number of sulfonamides is 1. The quantitative estimate of drug-likeness (QED) is 0.461. The van der Waals surface area contributed by atoms with Crippen molar-refractivity contribution in [3.63, 3.8) is 0 Å². The molecule has 1 amide bonds. The van der Waals surface area contributed by atoms with Gasteiger partial charge < -0.3 is 20.5 Å². The van der Waals surface area contributed by atoms with E-state index in [0.717, 1.165) is 19.3 Å². The Morgan fingerprint density at radius 2 is 1.78 bits per heavy atom. The first-order valence-corrected chi connectivity index (χ1v) is 10.4. The molecule has 1 aromatic carbocycles. The van der Waals surface area contributed by atoms with Crippen LogP contribution in [0.25, 0.3) is 0 Å². The van der Waals surface area contributed by atoms with Crippen LogP contribution in [0.2, 0.25) is 0 Å². The van der Waals surface area contributed by atoms with E-state index in [-0.39, 0.29) is 23.2 Å². The third kappa shape index (κ3) is 7.92. The minimum atomic E-state index is -3.59. The van der Waals surface area contributed by atoms with Gasteiger partial charge in [0.15, 0.2) is 11.5 Å². The molecule has 0 atom stereocenters. The van der Waals surface area contributed by atoms with E-state index in [4.69, 9.17) is 15.2 Å². The maximum absolute atomic E-state index is 12.3. The zero-order valence-electron chi connectivity index (χ0n) is 15.2. The molecule has 0 saturated heterocycles. The monoisotopic (exact) mass is 421 g/mol. The number of hydrogen-bond donors (Lipinski definition) is 3. The van der Waals surface area contributed by atoms with Crippen molar-refractivity contribution in [2.24, 2.45) is 5.73 Å². The Morgan fingerprint density at radius 3 is 2.52 bits per heavy atom. The standard InChI is InChI=1S/C17H27N3O5S.ClH/c18-8-4-9-19-17(21)5-2-1-3-10-20-26(22,23)14-6-7-15-16(13-14)25-12-11-24-15;/h6-7,13,20H,1-5,8-12,18H2,(H,19,21);1H. The van der Waals surface area contributed by atoms with E-state index in [1.165, 1.54) is 12.1 Å². The van der Waals surface area contributed by atoms with Gasteiger partial charge in [0.1, 0.15) is 13.2 Å². The molecule has 1 aromatic rings. The largest absolute Gasteiger partial charge is 0.486 e. The molecule has 0 spiro atoms. The lowest BCUT2D eigenvalue weighted by atomic mass is 10.2. The van der Waals surface area contributed by atoms with Crippen LogP contribution in [-0.4, -0.2) is 47.2 Å². The number of nitrogens with two attached hydrogens (primary N) is 1. The molecule has 10 heteroatoms. The van der Waals surface area contributed by atoms with Crippen molar-refractivity contribution in [3.05, 3.63) is 18.2 Å². The summed E-state index contributed by atoms with van der Waals surface area (Å²) < 4.78 is 38.0. The molecular formula is C17H28ClN3O5S. The van der Waals surface area contributed by atoms with E-state index < -0.39 is 10.0 Å². The first-order valence-electron chi connectivity index (χ1n) is 8.89. The topological polar surface area (TPSA) is 120 Å². The van der Waals surface area contributed by atoms with Gasteiger partial charge >= 0.3 is 0 Å². The number of halogens is 1. The lowest BCUT2D eigenvalue weighted by Gasteiger charge is -2.18. The number of amides is 1. The Bertz CT molecular complexity index is 700. The molecule has 2 rings (SSSR count). The van der Waals surface area contributed by atoms with Crippen molar-refractivity contribution in [2.75, 3.05) is 32.8 Å². The van der Waals surface area contributed by atoms with Crippen LogP contribution in [0.15, 0.2) is 23.1 Å². The molecule has 0 unspecified atom stereocenters. The first kappa shape index (κ1) is 23.5. The molecule has 0 radical (unpaired) electrons. The fourth-order valence-corrected chi connectivity index (χ4v) is 3.58. The molecule has 0 saturated carbocycles. The van der Waals surface area contributed by atoms with Gasteiger partial charge in [-0.25, -0.2) is 13.1 Å². The highest BCUT2D eigenvalue weighted by Gasteiger charge is 2.18. The number of fused-ring (bicyclic) bond motifs is 1. The van der Waals surface area contributed by atoms with Gasteiger partial charge in [0.05, 0.1) is 4.90 Å². The van der Waals surface area contributed by atoms with Gasteiger partial charge in [-0.05, 0) is 37.9 Å². The summed E-state index contributed by atoms with van der Waals surface area (Å²) in [6, 6.07) is 4.58. The van der Waals surface area contributed by atoms with Crippen LogP contribution in [0.5, 0.6) is 11.5 Å². The average Bonchev–Trinajstić information content (AvgIpc) is 2.64. The van der Waals surface area contributed by atoms with Gasteiger partial charge in [-0.3, -0.25) is 4.79 Å². The highest BCUT2D eigenvalue weighted by Crippen LogP contribution is 2.32. The highest BCUT2D eigenvalue weighted by molar-refractivity contribution is 7.89. The zero-order valence-corrected chi connectivity index (χ0v) is 16.9. The summed E-state index contributed by atoms with van der Waals surface area (Å²) >= 11 is 0. The van der Waals surface area contributed by atoms with Crippen LogP contribution >= 0.6 is 12.4 Å². The lowest BCUT2D eigenvalue weighted by molar-refractivity contribution is -0.121. The van der Waals surface area contributed by atoms with E-state index in [9.17, 15) is 13.2 Å². The van der Waals surface area contributed by atoms with Crippen LogP contribution in [0, 0.1) is 0 Å². The molecule has 0 bridgehead atoms. The van der Waals surface area contributed by atoms with Gasteiger partial charge in [-0.2, -0.15) is 0 Å². The van der Waals surface area contributed by atoms with Crippen LogP contribution in [0.3, 0.4) is 0 Å². The number of carbonyl (C=O) groups excluding carboxylic acids is 1. The fraction of sp³-hybridized carbons (Fsp3) is 0.588. The summed E-state index contributed by atoms with van der Waals surface area (Å²) in [5.41, 5.74) is 5.36. The molecule has 0 aromatic heterocycles. The molecule has 154 valence electrons. The van der Waals surface area contributed by atoms with E-state index >= 15 is 0 Å². The highest BCUT2D eigenvalue weighted by atomic mass is 35.5. The summed E-state index contributed by atoms with van der Waals surface area (Å²) in [6.07, 6.45) is 3.38. The van der Waals surface area contributed by atoms with Gasteiger partial charge in [0, 0.05) is 25.6 Å². The second-order valence-corrected chi connectivity index (χ2v) is 7.77. The Kier molecular flexibility index (Phi) is 10.5. The summed E-state index contributed by atoms with van der Waals surface area (Å²) in [4.78, 5) is 11.7. The molecule has 1 aliphatic rings. The Balaban J connectivity index is 0.00000364. The fourth-order valence-electron chi connectivity index (χ4n) is 2.49. The normalized spacial score (nSPS) is 12.9. The third-order valence-electron chi connectivity index (χ3n) is 3.90. The smallest absolute Gasteiger partial charge is 0.240 e. The average molecular weight is 422 g/mol. The van der Waals surface area contributed by atoms with Crippen molar-refractivity contribution < 1.29 is 22.7 Å². The van der Waals surface area contributed by atoms with Gasteiger partial charge in [-0.1, -0.05) is 6.42 Å². The van der Waals surface area contributed by atoms with Gasteiger partial charge in [0.25, 0.3) is 0 Å². The molecule has 0 fully saturated rings. The van der Waals surface area contributed by atoms with E-state index in [2.05, 4.69) is 10.0 Å². The molecule has 27 heavy (non-hydrogen) atoms. The Hall–Kier alpha value is -1.55. The second kappa shape index (κ2) is 12.0. The number of unbranched alkanes of at least 4 members (excludes halogenated alkanes) is 2. The maximum atomic E-state index is 12.3. The van der Waals surface area contributed by atoms with Gasteiger partial charge in [0.2, 0.25) is 15.9 Å². The minimum absolute atomic E-state index is 0. The van der Waals surface area contributed by atoms with Gasteiger partial charge in [-0.15, -0.1) is 12.4 Å². The van der Waals surface area contributed by atoms with E-state index in [1.54, 1.807) is 6.07 Å². The maximum Gasteiger partial charge on any atom is 0.240 e. The van der Waals surface area contributed by atoms with Crippen LogP contribution in [0.4, 0.5) is 0 Å². The van der Waals surface area contributed by atoms with E-state index in [1.807, 2.05) is 0 Å². The SMILES string of the molecule is Cl.NCCCNC(=O)CCCCCNS(=O)(=O)c1ccc2c(c1)OCCO2. The molecule has 1 aliphatic heterocycles. The second-order valence-electron chi connectivity index (χ2n) is 6.01.